The van der Waals surface area contributed by atoms with Crippen LogP contribution in [-0.4, -0.2) is 54.2 Å². The standard InChI is InChI=1S/C26H21FN4O7S/c27-16-5-8-22-19(13-16)26(9-12-39(22,35)36)24(33)30(25(34)28-26)15-23(32)31-20(21-4-2-11-38-21)14-17(29-31)6-7-18-3-1-10-37-18/h1-8,10-11,13,20H,9,12,14-15H2,(H,28,34)/b7-6+/t20-,26+/m1/s1. The zero-order valence-electron chi connectivity index (χ0n) is 20.2. The molecule has 3 aliphatic heterocycles. The van der Waals surface area contributed by atoms with Crippen molar-refractivity contribution in [1.82, 2.24) is 15.2 Å². The fraction of sp³-hybridized carbons (Fsp3) is 0.231. The fourth-order valence-corrected chi connectivity index (χ4v) is 6.74. The zero-order chi connectivity index (χ0) is 27.4. The Bertz CT molecular complexity index is 1650. The van der Waals surface area contributed by atoms with Crippen molar-refractivity contribution in [1.29, 1.82) is 0 Å². The molecule has 3 aliphatic rings. The number of halogens is 1. The molecule has 13 heteroatoms. The van der Waals surface area contributed by atoms with Crippen LogP contribution in [-0.2, 0) is 25.0 Å². The van der Waals surface area contributed by atoms with Crippen LogP contribution in [0.1, 0.15) is 36.0 Å². The number of allylic oxidation sites excluding steroid dienone is 1. The lowest BCUT2D eigenvalue weighted by atomic mass is 9.86. The Morgan fingerprint density at radius 3 is 2.69 bits per heavy atom. The summed E-state index contributed by atoms with van der Waals surface area (Å²) in [5.74, 6) is -1.64. The van der Waals surface area contributed by atoms with Crippen LogP contribution >= 0.6 is 0 Å². The van der Waals surface area contributed by atoms with Crippen LogP contribution in [0.15, 0.2) is 79.9 Å². The maximum atomic E-state index is 14.2. The molecule has 0 saturated carbocycles. The minimum Gasteiger partial charge on any atom is -0.467 e. The highest BCUT2D eigenvalue weighted by Crippen LogP contribution is 2.42. The molecule has 11 nitrogen and oxygen atoms in total. The highest BCUT2D eigenvalue weighted by atomic mass is 32.2. The number of carbonyl (C=O) groups excluding carboxylic acids is 3. The zero-order valence-corrected chi connectivity index (χ0v) is 21.1. The quantitative estimate of drug-likeness (QED) is 0.379. The van der Waals surface area contributed by atoms with Gasteiger partial charge in [-0.2, -0.15) is 5.10 Å². The van der Waals surface area contributed by atoms with Gasteiger partial charge in [-0.1, -0.05) is 0 Å². The van der Waals surface area contributed by atoms with Gasteiger partial charge in [0.05, 0.1) is 28.9 Å². The summed E-state index contributed by atoms with van der Waals surface area (Å²) >= 11 is 0. The molecule has 2 atom stereocenters. The average Bonchev–Trinajstić information content (AvgIpc) is 3.70. The Balaban J connectivity index is 1.29. The summed E-state index contributed by atoms with van der Waals surface area (Å²) in [5, 5.41) is 8.09. The van der Waals surface area contributed by atoms with Gasteiger partial charge in [0, 0.05) is 12.0 Å². The first-order chi connectivity index (χ1) is 18.7. The van der Waals surface area contributed by atoms with E-state index in [9.17, 15) is 27.2 Å². The second kappa shape index (κ2) is 9.05. The number of benzene rings is 1. The minimum absolute atomic E-state index is 0.153. The molecule has 1 N–H and O–H groups in total. The Morgan fingerprint density at radius 2 is 1.95 bits per heavy atom. The second-order valence-electron chi connectivity index (χ2n) is 9.35. The third kappa shape index (κ3) is 4.14. The van der Waals surface area contributed by atoms with Crippen molar-refractivity contribution < 1.29 is 36.0 Å². The molecule has 39 heavy (non-hydrogen) atoms. The molecule has 1 spiro atoms. The van der Waals surface area contributed by atoms with Gasteiger partial charge >= 0.3 is 6.03 Å². The van der Waals surface area contributed by atoms with Crippen LogP contribution in [0.4, 0.5) is 9.18 Å². The molecule has 0 aliphatic carbocycles. The van der Waals surface area contributed by atoms with Crippen LogP contribution in [0.3, 0.4) is 0 Å². The molecule has 4 amide bonds. The van der Waals surface area contributed by atoms with Gasteiger partial charge < -0.3 is 14.2 Å². The van der Waals surface area contributed by atoms with E-state index < -0.39 is 57.4 Å². The number of urea groups is 1. The molecule has 1 aromatic carbocycles. The maximum Gasteiger partial charge on any atom is 0.325 e. The average molecular weight is 553 g/mol. The van der Waals surface area contributed by atoms with Crippen molar-refractivity contribution in [3.8, 4) is 0 Å². The van der Waals surface area contributed by atoms with Crippen molar-refractivity contribution in [2.45, 2.75) is 29.3 Å². The summed E-state index contributed by atoms with van der Waals surface area (Å²) in [7, 11) is -3.78. The number of nitrogens with one attached hydrogen (secondary N) is 1. The van der Waals surface area contributed by atoms with Gasteiger partial charge in [-0.15, -0.1) is 0 Å². The SMILES string of the molecule is O=C1N[C@]2(CCS(=O)(=O)c3ccc(F)cc32)C(=O)N1CC(=O)N1N=C(/C=C/c2ccco2)C[C@@H]1c1ccco1. The summed E-state index contributed by atoms with van der Waals surface area (Å²) in [6.07, 6.45) is 6.39. The van der Waals surface area contributed by atoms with Crippen molar-refractivity contribution in [2.75, 3.05) is 12.3 Å². The molecule has 1 saturated heterocycles. The molecule has 2 aromatic heterocycles. The van der Waals surface area contributed by atoms with Crippen LogP contribution in [0.5, 0.6) is 0 Å². The molecule has 3 aromatic rings. The third-order valence-electron chi connectivity index (χ3n) is 7.00. The van der Waals surface area contributed by atoms with E-state index in [2.05, 4.69) is 10.4 Å². The van der Waals surface area contributed by atoms with Crippen LogP contribution in [0, 0.1) is 5.82 Å². The summed E-state index contributed by atoms with van der Waals surface area (Å²) in [5.41, 5.74) is -1.41. The Labute approximate surface area is 221 Å². The van der Waals surface area contributed by atoms with Gasteiger partial charge in [0.25, 0.3) is 11.8 Å². The molecule has 1 fully saturated rings. The number of nitrogens with zero attached hydrogens (tertiary/aromatic N) is 3. The first-order valence-electron chi connectivity index (χ1n) is 12.0. The second-order valence-corrected chi connectivity index (χ2v) is 11.4. The molecular formula is C26H21FN4O7S. The number of hydrazone groups is 1. The van der Waals surface area contributed by atoms with Gasteiger partial charge in [0.1, 0.15) is 35.5 Å². The molecule has 0 bridgehead atoms. The third-order valence-corrected chi connectivity index (χ3v) is 8.76. The first kappa shape index (κ1) is 24.8. The van der Waals surface area contributed by atoms with E-state index in [1.54, 1.807) is 36.4 Å². The summed E-state index contributed by atoms with van der Waals surface area (Å²) in [6, 6.07) is 8.34. The lowest BCUT2D eigenvalue weighted by Gasteiger charge is -2.33. The van der Waals surface area contributed by atoms with Crippen LogP contribution in [0.2, 0.25) is 0 Å². The normalized spacial score (nSPS) is 23.9. The van der Waals surface area contributed by atoms with Crippen molar-refractivity contribution in [3.05, 3.63) is 84.0 Å². The number of carbonyl (C=O) groups is 3. The van der Waals surface area contributed by atoms with Gasteiger partial charge in [0.15, 0.2) is 9.84 Å². The number of amides is 4. The predicted octanol–water partition coefficient (Wildman–Crippen LogP) is 2.98. The number of imide groups is 1. The summed E-state index contributed by atoms with van der Waals surface area (Å²) in [4.78, 5) is 40.5. The van der Waals surface area contributed by atoms with E-state index in [-0.39, 0.29) is 16.9 Å². The number of furan rings is 2. The Morgan fingerprint density at radius 1 is 1.15 bits per heavy atom. The lowest BCUT2D eigenvalue weighted by molar-refractivity contribution is -0.140. The largest absolute Gasteiger partial charge is 0.467 e. The van der Waals surface area contributed by atoms with Crippen molar-refractivity contribution >= 4 is 39.5 Å². The topological polar surface area (TPSA) is 142 Å². The van der Waals surface area contributed by atoms with Gasteiger partial charge in [-0.25, -0.2) is 22.6 Å². The molecule has 0 radical (unpaired) electrons. The summed E-state index contributed by atoms with van der Waals surface area (Å²) in [6.45, 7) is -0.667. The fourth-order valence-electron chi connectivity index (χ4n) is 5.10. The van der Waals surface area contributed by atoms with E-state index in [1.807, 2.05) is 0 Å². The summed E-state index contributed by atoms with van der Waals surface area (Å²) < 4.78 is 50.1. The van der Waals surface area contributed by atoms with E-state index in [0.29, 0.717) is 28.6 Å². The van der Waals surface area contributed by atoms with Crippen molar-refractivity contribution in [3.63, 3.8) is 0 Å². The lowest BCUT2D eigenvalue weighted by Crippen LogP contribution is -2.49. The number of hydrogen-bond acceptors (Lipinski definition) is 8. The molecule has 0 unspecified atom stereocenters. The number of hydrogen-bond donors (Lipinski definition) is 1. The van der Waals surface area contributed by atoms with E-state index in [0.717, 1.165) is 23.2 Å². The maximum absolute atomic E-state index is 14.2. The Hall–Kier alpha value is -4.52. The predicted molar refractivity (Wildman–Crippen MR) is 133 cm³/mol. The van der Waals surface area contributed by atoms with Gasteiger partial charge in [-0.3, -0.25) is 14.5 Å². The number of sulfone groups is 1. The minimum atomic E-state index is -3.78. The highest BCUT2D eigenvalue weighted by molar-refractivity contribution is 7.91. The number of fused-ring (bicyclic) bond motifs is 2. The van der Waals surface area contributed by atoms with E-state index in [4.69, 9.17) is 8.83 Å². The molecular weight excluding hydrogens is 531 g/mol. The molecule has 200 valence electrons. The van der Waals surface area contributed by atoms with E-state index in [1.165, 1.54) is 12.5 Å². The Kier molecular flexibility index (Phi) is 5.75. The van der Waals surface area contributed by atoms with Crippen LogP contribution < -0.4 is 5.32 Å². The monoisotopic (exact) mass is 552 g/mol. The van der Waals surface area contributed by atoms with Gasteiger partial charge in [0.2, 0.25) is 0 Å². The molecule has 6 rings (SSSR count). The first-order valence-corrected chi connectivity index (χ1v) is 13.6. The van der Waals surface area contributed by atoms with E-state index >= 15 is 0 Å². The van der Waals surface area contributed by atoms with Crippen molar-refractivity contribution in [2.24, 2.45) is 5.10 Å². The van der Waals surface area contributed by atoms with Crippen LogP contribution in [0.25, 0.3) is 6.08 Å². The highest BCUT2D eigenvalue weighted by Gasteiger charge is 2.57. The smallest absolute Gasteiger partial charge is 0.325 e. The molecule has 5 heterocycles. The van der Waals surface area contributed by atoms with Gasteiger partial charge in [-0.05, 0) is 61.0 Å². The number of rotatable bonds is 5.